The Morgan fingerprint density at radius 2 is 1.74 bits per heavy atom. The first-order valence-corrected chi connectivity index (χ1v) is 9.12. The molecule has 0 heterocycles. The van der Waals surface area contributed by atoms with Gasteiger partial charge in [0.25, 0.3) is 5.91 Å². The van der Waals surface area contributed by atoms with E-state index in [9.17, 15) is 9.59 Å². The third kappa shape index (κ3) is 5.82. The number of ether oxygens (including phenoxy) is 1. The third-order valence-electron chi connectivity index (χ3n) is 4.24. The van der Waals surface area contributed by atoms with Crippen LogP contribution in [-0.2, 0) is 9.59 Å². The van der Waals surface area contributed by atoms with Crippen molar-refractivity contribution in [1.29, 1.82) is 0 Å². The van der Waals surface area contributed by atoms with Crippen molar-refractivity contribution >= 4 is 11.8 Å². The second-order valence-corrected chi connectivity index (χ2v) is 6.93. The first-order chi connectivity index (χ1) is 13.0. The summed E-state index contributed by atoms with van der Waals surface area (Å²) >= 11 is 0. The Kier molecular flexibility index (Phi) is 6.08. The number of benzene rings is 2. The van der Waals surface area contributed by atoms with Gasteiger partial charge < -0.3 is 10.1 Å². The number of rotatable bonds is 8. The highest BCUT2D eigenvalue weighted by atomic mass is 16.5. The van der Waals surface area contributed by atoms with Gasteiger partial charge in [0.15, 0.2) is 6.61 Å². The summed E-state index contributed by atoms with van der Waals surface area (Å²) in [6.45, 7) is 3.82. The molecule has 27 heavy (non-hydrogen) atoms. The van der Waals surface area contributed by atoms with Gasteiger partial charge in [-0.15, -0.1) is 0 Å². The van der Waals surface area contributed by atoms with E-state index in [0.717, 1.165) is 29.5 Å². The Hall–Kier alpha value is -2.86. The lowest BCUT2D eigenvalue weighted by molar-refractivity contribution is -0.126. The normalized spacial score (nSPS) is 14.3. The highest BCUT2D eigenvalue weighted by Gasteiger charge is 2.28. The Balaban J connectivity index is 1.55. The van der Waals surface area contributed by atoms with E-state index in [-0.39, 0.29) is 24.5 Å². The summed E-state index contributed by atoms with van der Waals surface area (Å²) in [4.78, 5) is 24.7. The number of amides is 2. The molecule has 1 fully saturated rings. The molecule has 3 rings (SSSR count). The Morgan fingerprint density at radius 3 is 2.37 bits per heavy atom. The average Bonchev–Trinajstić information content (AvgIpc) is 3.44. The zero-order valence-corrected chi connectivity index (χ0v) is 15.6. The van der Waals surface area contributed by atoms with Crippen LogP contribution in [0.2, 0.25) is 0 Å². The van der Waals surface area contributed by atoms with Gasteiger partial charge in [-0.3, -0.25) is 15.0 Å². The fraction of sp³-hybridized carbons (Fsp3) is 0.333. The van der Waals surface area contributed by atoms with Crippen molar-refractivity contribution in [2.24, 2.45) is 0 Å². The van der Waals surface area contributed by atoms with Crippen molar-refractivity contribution < 1.29 is 14.3 Å². The quantitative estimate of drug-likeness (QED) is 0.626. The highest BCUT2D eigenvalue weighted by molar-refractivity contribution is 5.84. The zero-order chi connectivity index (χ0) is 19.2. The van der Waals surface area contributed by atoms with Gasteiger partial charge in [0.1, 0.15) is 11.8 Å². The van der Waals surface area contributed by atoms with Gasteiger partial charge in [-0.2, -0.15) is 0 Å². The van der Waals surface area contributed by atoms with E-state index >= 15 is 0 Å². The van der Waals surface area contributed by atoms with Gasteiger partial charge in [0.2, 0.25) is 5.91 Å². The number of carbonyl (C=O) groups is 2. The van der Waals surface area contributed by atoms with E-state index in [2.05, 4.69) is 16.2 Å². The summed E-state index contributed by atoms with van der Waals surface area (Å²) in [6, 6.07) is 14.7. The molecule has 1 aliphatic rings. The summed E-state index contributed by atoms with van der Waals surface area (Å²) in [5.74, 6) is 0.141. The van der Waals surface area contributed by atoms with Crippen molar-refractivity contribution in [2.45, 2.75) is 38.8 Å². The smallest absolute Gasteiger partial charge is 0.272 e. The molecular weight excluding hydrogens is 342 g/mol. The molecule has 0 bridgehead atoms. The van der Waals surface area contributed by atoms with Gasteiger partial charge in [-0.1, -0.05) is 36.4 Å². The number of hydrogen-bond donors (Lipinski definition) is 3. The van der Waals surface area contributed by atoms with Crippen LogP contribution in [0.4, 0.5) is 0 Å². The van der Waals surface area contributed by atoms with Crippen LogP contribution >= 0.6 is 0 Å². The predicted octanol–water partition coefficient (Wildman–Crippen LogP) is 2.32. The second-order valence-electron chi connectivity index (χ2n) is 6.93. The standard InChI is InChI=1S/C21H25N3O3/c1-14-10-15(2)12-18(11-14)27-13-19(25)23-24-20(16-6-4-3-5-7-16)21(26)22-17-8-9-17/h3-7,10-12,17,20,24H,8-9,13H2,1-2H3,(H,22,26)(H,23,25)/t20-/m0/s1. The predicted molar refractivity (Wildman–Crippen MR) is 103 cm³/mol. The third-order valence-corrected chi connectivity index (χ3v) is 4.24. The fourth-order valence-electron chi connectivity index (χ4n) is 2.81. The molecule has 2 amide bonds. The van der Waals surface area contributed by atoms with E-state index in [1.54, 1.807) is 0 Å². The second kappa shape index (κ2) is 8.68. The van der Waals surface area contributed by atoms with Gasteiger partial charge in [0, 0.05) is 6.04 Å². The first kappa shape index (κ1) is 18.9. The van der Waals surface area contributed by atoms with Crippen molar-refractivity contribution in [2.75, 3.05) is 6.61 Å². The molecule has 2 aromatic carbocycles. The summed E-state index contributed by atoms with van der Waals surface area (Å²) in [5.41, 5.74) is 8.35. The molecule has 142 valence electrons. The number of aryl methyl sites for hydroxylation is 2. The first-order valence-electron chi connectivity index (χ1n) is 9.12. The molecule has 6 heteroatoms. The lowest BCUT2D eigenvalue weighted by Crippen LogP contribution is -2.48. The minimum atomic E-state index is -0.656. The monoisotopic (exact) mass is 367 g/mol. The minimum Gasteiger partial charge on any atom is -0.484 e. The maximum absolute atomic E-state index is 12.5. The lowest BCUT2D eigenvalue weighted by atomic mass is 10.1. The van der Waals surface area contributed by atoms with E-state index < -0.39 is 6.04 Å². The van der Waals surface area contributed by atoms with Crippen molar-refractivity contribution in [3.63, 3.8) is 0 Å². The van der Waals surface area contributed by atoms with Crippen LogP contribution in [0, 0.1) is 13.8 Å². The van der Waals surface area contributed by atoms with E-state index in [1.165, 1.54) is 0 Å². The summed E-state index contributed by atoms with van der Waals surface area (Å²) < 4.78 is 5.55. The molecule has 1 aliphatic carbocycles. The van der Waals surface area contributed by atoms with Crippen molar-refractivity contribution in [3.05, 3.63) is 65.2 Å². The van der Waals surface area contributed by atoms with Crippen LogP contribution < -0.4 is 20.9 Å². The van der Waals surface area contributed by atoms with Crippen LogP contribution in [0.1, 0.15) is 35.6 Å². The van der Waals surface area contributed by atoms with Crippen molar-refractivity contribution in [3.8, 4) is 5.75 Å². The molecule has 0 saturated heterocycles. The SMILES string of the molecule is Cc1cc(C)cc(OCC(=O)NN[C@H](C(=O)NC2CC2)c2ccccc2)c1. The summed E-state index contributed by atoms with van der Waals surface area (Å²) in [6.07, 6.45) is 2.01. The molecule has 3 N–H and O–H groups in total. The van der Waals surface area contributed by atoms with Crippen LogP contribution in [0.25, 0.3) is 0 Å². The average molecular weight is 367 g/mol. The molecule has 0 aromatic heterocycles. The van der Waals surface area contributed by atoms with E-state index in [0.29, 0.717) is 5.75 Å². The molecule has 0 radical (unpaired) electrons. The largest absolute Gasteiger partial charge is 0.484 e. The molecule has 6 nitrogen and oxygen atoms in total. The maximum Gasteiger partial charge on any atom is 0.272 e. The maximum atomic E-state index is 12.5. The Labute approximate surface area is 159 Å². The van der Waals surface area contributed by atoms with Gasteiger partial charge in [-0.25, -0.2) is 5.43 Å². The van der Waals surface area contributed by atoms with Crippen LogP contribution in [0.5, 0.6) is 5.75 Å². The molecular formula is C21H25N3O3. The number of nitrogens with one attached hydrogen (secondary N) is 3. The molecule has 2 aromatic rings. The van der Waals surface area contributed by atoms with Crippen molar-refractivity contribution in [1.82, 2.24) is 16.2 Å². The molecule has 1 atom stereocenters. The summed E-state index contributed by atoms with van der Waals surface area (Å²) in [7, 11) is 0. The molecule has 1 saturated carbocycles. The highest BCUT2D eigenvalue weighted by Crippen LogP contribution is 2.21. The fourth-order valence-corrected chi connectivity index (χ4v) is 2.81. The van der Waals surface area contributed by atoms with Crippen LogP contribution in [0.3, 0.4) is 0 Å². The summed E-state index contributed by atoms with van der Waals surface area (Å²) in [5, 5.41) is 2.96. The van der Waals surface area contributed by atoms with Crippen LogP contribution in [-0.4, -0.2) is 24.5 Å². The molecule has 0 spiro atoms. The zero-order valence-electron chi connectivity index (χ0n) is 15.6. The Bertz CT molecular complexity index is 783. The number of hydrazine groups is 1. The lowest BCUT2D eigenvalue weighted by Gasteiger charge is -2.19. The molecule has 0 aliphatic heterocycles. The van der Waals surface area contributed by atoms with Gasteiger partial charge in [-0.05, 0) is 55.5 Å². The van der Waals surface area contributed by atoms with E-state index in [4.69, 9.17) is 4.74 Å². The number of hydrogen-bond acceptors (Lipinski definition) is 4. The number of carbonyl (C=O) groups excluding carboxylic acids is 2. The van der Waals surface area contributed by atoms with E-state index in [1.807, 2.05) is 62.4 Å². The van der Waals surface area contributed by atoms with Gasteiger partial charge >= 0.3 is 0 Å². The molecule has 0 unspecified atom stereocenters. The van der Waals surface area contributed by atoms with Crippen LogP contribution in [0.15, 0.2) is 48.5 Å². The Morgan fingerprint density at radius 1 is 1.07 bits per heavy atom. The minimum absolute atomic E-state index is 0.137. The topological polar surface area (TPSA) is 79.5 Å². The van der Waals surface area contributed by atoms with Gasteiger partial charge in [0.05, 0.1) is 0 Å².